The SMILES string of the molecule is N#CCCNS(=O)(=O)C(S(=O)(=O)NCCC#N)S(=O)(=O)NCCC#N. The summed E-state index contributed by atoms with van der Waals surface area (Å²) >= 11 is 0. The zero-order chi connectivity index (χ0) is 19.6. The molecule has 0 aromatic rings. The topological polar surface area (TPSA) is 210 Å². The van der Waals surface area contributed by atoms with Gasteiger partial charge in [0.05, 0.1) is 18.2 Å². The van der Waals surface area contributed by atoms with Crippen LogP contribution >= 0.6 is 0 Å². The van der Waals surface area contributed by atoms with E-state index in [2.05, 4.69) is 0 Å². The average molecular weight is 412 g/mol. The van der Waals surface area contributed by atoms with Gasteiger partial charge in [0.1, 0.15) is 0 Å². The molecule has 0 amide bonds. The monoisotopic (exact) mass is 412 g/mol. The first kappa shape index (κ1) is 23.2. The van der Waals surface area contributed by atoms with E-state index in [9.17, 15) is 25.3 Å². The smallest absolute Gasteiger partial charge is 0.212 e. The number of hydrogen-bond donors (Lipinski definition) is 3. The van der Waals surface area contributed by atoms with E-state index in [1.807, 2.05) is 0 Å². The largest absolute Gasteiger partial charge is 0.303 e. The van der Waals surface area contributed by atoms with Crippen molar-refractivity contribution in [1.82, 2.24) is 14.2 Å². The van der Waals surface area contributed by atoms with Crippen LogP contribution in [0.4, 0.5) is 0 Å². The lowest BCUT2D eigenvalue weighted by atomic mass is 10.5. The molecule has 0 radical (unpaired) electrons. The van der Waals surface area contributed by atoms with Crippen LogP contribution in [0.25, 0.3) is 0 Å². The second-order valence-electron chi connectivity index (χ2n) is 4.33. The molecule has 12 nitrogen and oxygen atoms in total. The zero-order valence-electron chi connectivity index (χ0n) is 12.8. The Morgan fingerprint density at radius 1 is 0.600 bits per heavy atom. The lowest BCUT2D eigenvalue weighted by Crippen LogP contribution is -2.53. The molecule has 0 saturated heterocycles. The van der Waals surface area contributed by atoms with Gasteiger partial charge in [-0.05, 0) is 0 Å². The Morgan fingerprint density at radius 3 is 1.04 bits per heavy atom. The van der Waals surface area contributed by atoms with Crippen molar-refractivity contribution in [3.8, 4) is 18.2 Å². The van der Waals surface area contributed by atoms with Gasteiger partial charge in [-0.3, -0.25) is 0 Å². The fraction of sp³-hybridized carbons (Fsp3) is 0.700. The van der Waals surface area contributed by atoms with Crippen LogP contribution < -0.4 is 14.2 Å². The van der Waals surface area contributed by atoms with Crippen molar-refractivity contribution in [2.24, 2.45) is 0 Å². The molecule has 0 aromatic heterocycles. The molecule has 0 aliphatic rings. The Morgan fingerprint density at radius 2 is 0.840 bits per heavy atom. The summed E-state index contributed by atoms with van der Waals surface area (Å²) in [5, 5.41) is 25.2. The Labute approximate surface area is 146 Å². The Hall–Kier alpha value is -1.80. The van der Waals surface area contributed by atoms with Crippen LogP contribution in [0.3, 0.4) is 0 Å². The fourth-order valence-electron chi connectivity index (χ4n) is 1.45. The molecule has 25 heavy (non-hydrogen) atoms. The first-order valence-corrected chi connectivity index (χ1v) is 11.3. The van der Waals surface area contributed by atoms with Crippen molar-refractivity contribution in [2.45, 2.75) is 23.2 Å². The van der Waals surface area contributed by atoms with Gasteiger partial charge in [0.15, 0.2) is 0 Å². The number of nitrogens with one attached hydrogen (secondary N) is 3. The molecule has 0 saturated carbocycles. The molecule has 0 rings (SSSR count). The van der Waals surface area contributed by atoms with E-state index in [4.69, 9.17) is 15.8 Å². The Kier molecular flexibility index (Phi) is 9.51. The predicted molar refractivity (Wildman–Crippen MR) is 85.2 cm³/mol. The van der Waals surface area contributed by atoms with Gasteiger partial charge in [0, 0.05) is 38.9 Å². The van der Waals surface area contributed by atoms with Gasteiger partial charge < -0.3 is 0 Å². The van der Waals surface area contributed by atoms with Crippen LogP contribution in [0.5, 0.6) is 0 Å². The maximum Gasteiger partial charge on any atom is 0.303 e. The maximum absolute atomic E-state index is 12.2. The average Bonchev–Trinajstić information content (AvgIpc) is 2.46. The lowest BCUT2D eigenvalue weighted by Gasteiger charge is -2.19. The summed E-state index contributed by atoms with van der Waals surface area (Å²) in [6, 6.07) is 4.83. The summed E-state index contributed by atoms with van der Waals surface area (Å²) in [4.78, 5) is 0. The lowest BCUT2D eigenvalue weighted by molar-refractivity contribution is 0.557. The van der Waals surface area contributed by atoms with E-state index in [0.717, 1.165) is 0 Å². The highest BCUT2D eigenvalue weighted by Gasteiger charge is 2.48. The van der Waals surface area contributed by atoms with Crippen LogP contribution in [0, 0.1) is 34.0 Å². The molecule has 0 bridgehead atoms. The zero-order valence-corrected chi connectivity index (χ0v) is 15.3. The van der Waals surface area contributed by atoms with Crippen molar-refractivity contribution in [1.29, 1.82) is 15.8 Å². The molecule has 0 aromatic carbocycles. The van der Waals surface area contributed by atoms with Gasteiger partial charge in [-0.1, -0.05) is 0 Å². The molecule has 0 atom stereocenters. The van der Waals surface area contributed by atoms with Crippen molar-refractivity contribution in [3.05, 3.63) is 0 Å². The third kappa shape index (κ3) is 7.74. The summed E-state index contributed by atoms with van der Waals surface area (Å²) in [6.07, 6.45) is -0.929. The molecular formula is C10H16N6O6S3. The van der Waals surface area contributed by atoms with Gasteiger partial charge in [-0.2, -0.15) is 15.8 Å². The van der Waals surface area contributed by atoms with Crippen molar-refractivity contribution in [2.75, 3.05) is 19.6 Å². The highest BCUT2D eigenvalue weighted by atomic mass is 32.3. The molecule has 0 spiro atoms. The van der Waals surface area contributed by atoms with E-state index >= 15 is 0 Å². The van der Waals surface area contributed by atoms with Crippen LogP contribution in [-0.2, 0) is 30.1 Å². The molecular weight excluding hydrogens is 396 g/mol. The highest BCUT2D eigenvalue weighted by Crippen LogP contribution is 2.14. The fourth-order valence-corrected chi connectivity index (χ4v) is 8.25. The molecule has 0 heterocycles. The first-order chi connectivity index (χ1) is 11.5. The van der Waals surface area contributed by atoms with Crippen LogP contribution in [-0.4, -0.2) is 48.8 Å². The number of nitriles is 3. The summed E-state index contributed by atoms with van der Waals surface area (Å²) in [7, 11) is -14.9. The molecule has 0 aliphatic heterocycles. The second-order valence-corrected chi connectivity index (χ2v) is 10.8. The number of rotatable bonds is 12. The summed E-state index contributed by atoms with van der Waals surface area (Å²) in [5.74, 6) is 0. The quantitative estimate of drug-likeness (QED) is 0.295. The van der Waals surface area contributed by atoms with Gasteiger partial charge in [0.2, 0.25) is 30.1 Å². The third-order valence-electron chi connectivity index (χ3n) is 2.38. The normalized spacial score (nSPS) is 12.2. The van der Waals surface area contributed by atoms with E-state index in [-0.39, 0.29) is 19.3 Å². The third-order valence-corrected chi connectivity index (χ3v) is 10.3. The molecule has 15 heteroatoms. The molecule has 0 fully saturated rings. The number of sulfonamides is 3. The minimum atomic E-state index is -4.95. The molecule has 0 unspecified atom stereocenters. The van der Waals surface area contributed by atoms with Gasteiger partial charge in [-0.25, -0.2) is 39.4 Å². The van der Waals surface area contributed by atoms with Crippen LogP contribution in [0.1, 0.15) is 19.3 Å². The second kappa shape index (κ2) is 10.2. The maximum atomic E-state index is 12.2. The minimum absolute atomic E-state index is 0.310. The Bertz CT molecular complexity index is 756. The van der Waals surface area contributed by atoms with E-state index < -0.39 is 53.6 Å². The predicted octanol–water partition coefficient (Wildman–Crippen LogP) is -2.23. The van der Waals surface area contributed by atoms with E-state index in [1.165, 1.54) is 0 Å². The van der Waals surface area contributed by atoms with Crippen molar-refractivity contribution in [3.63, 3.8) is 0 Å². The molecule has 3 N–H and O–H groups in total. The number of hydrogen-bond acceptors (Lipinski definition) is 9. The van der Waals surface area contributed by atoms with Gasteiger partial charge >= 0.3 is 3.91 Å². The first-order valence-electron chi connectivity index (χ1n) is 6.61. The summed E-state index contributed by atoms with van der Waals surface area (Å²) in [6.45, 7) is -1.47. The summed E-state index contributed by atoms with van der Waals surface area (Å²) < 4.78 is 75.3. The van der Waals surface area contributed by atoms with E-state index in [1.54, 1.807) is 32.4 Å². The summed E-state index contributed by atoms with van der Waals surface area (Å²) in [5.41, 5.74) is 0. The van der Waals surface area contributed by atoms with Crippen molar-refractivity contribution < 1.29 is 25.3 Å². The molecule has 140 valence electrons. The van der Waals surface area contributed by atoms with Crippen LogP contribution in [0.15, 0.2) is 0 Å². The highest BCUT2D eigenvalue weighted by molar-refractivity contribution is 8.22. The standard InChI is InChI=1S/C10H16N6O6S3/c11-4-1-7-14-23(17,18)10(24(19,20)15-8-2-5-12)25(21,22)16-9-3-6-13/h10,14-16H,1-3,7-9H2. The molecule has 0 aliphatic carbocycles. The van der Waals surface area contributed by atoms with Crippen molar-refractivity contribution >= 4 is 30.1 Å². The van der Waals surface area contributed by atoms with Gasteiger partial charge in [-0.15, -0.1) is 0 Å². The van der Waals surface area contributed by atoms with Gasteiger partial charge in [0.25, 0.3) is 0 Å². The number of nitrogens with zero attached hydrogens (tertiary/aromatic N) is 3. The minimum Gasteiger partial charge on any atom is -0.212 e. The van der Waals surface area contributed by atoms with E-state index in [0.29, 0.717) is 0 Å². The van der Waals surface area contributed by atoms with Crippen LogP contribution in [0.2, 0.25) is 0 Å². The Balaban J connectivity index is 5.79.